The number of sulfonamides is 1. The van der Waals surface area contributed by atoms with Crippen LogP contribution in [0.25, 0.3) is 11.2 Å². The number of non-ortho nitro benzene ring substituents is 1. The first-order chi connectivity index (χ1) is 16.3. The van der Waals surface area contributed by atoms with Crippen LogP contribution in [-0.4, -0.2) is 42.5 Å². The van der Waals surface area contributed by atoms with Crippen molar-refractivity contribution in [1.82, 2.24) is 15.0 Å². The van der Waals surface area contributed by atoms with Crippen LogP contribution < -0.4 is 19.5 Å². The molecule has 2 aromatic carbocycles. The van der Waals surface area contributed by atoms with Crippen molar-refractivity contribution in [1.29, 1.82) is 0 Å². The summed E-state index contributed by atoms with van der Waals surface area (Å²) in [4.78, 5) is 23.0. The van der Waals surface area contributed by atoms with E-state index in [0.717, 1.165) is 6.07 Å². The van der Waals surface area contributed by atoms with E-state index in [1.807, 2.05) is 0 Å². The minimum atomic E-state index is -4.25. The van der Waals surface area contributed by atoms with Gasteiger partial charge in [-0.25, -0.2) is 23.4 Å². The monoisotopic (exact) mass is 482 g/mol. The zero-order valence-corrected chi connectivity index (χ0v) is 18.7. The van der Waals surface area contributed by atoms with E-state index in [9.17, 15) is 18.5 Å². The number of hydrogen-bond acceptors (Lipinski definition) is 10. The summed E-state index contributed by atoms with van der Waals surface area (Å²) < 4.78 is 39.0. The molecule has 34 heavy (non-hydrogen) atoms. The number of nitro groups is 1. The lowest BCUT2D eigenvalue weighted by Gasteiger charge is -2.15. The smallest absolute Gasteiger partial charge is 0.270 e. The second kappa shape index (κ2) is 9.15. The van der Waals surface area contributed by atoms with Gasteiger partial charge in [0, 0.05) is 42.2 Å². The van der Waals surface area contributed by atoms with E-state index in [4.69, 9.17) is 9.47 Å². The normalized spacial score (nSPS) is 11.1. The average Bonchev–Trinajstić information content (AvgIpc) is 2.84. The number of ether oxygens (including phenoxy) is 2. The van der Waals surface area contributed by atoms with Crippen LogP contribution in [0.3, 0.4) is 0 Å². The standard InChI is InChI=1S/C21H18N6O6S/c1-32-15-9-13(10-16(12-15)33-2)23-20-21(25-19-18(24-20)7-4-8-22-19)26-34(30,31)17-6-3-5-14(11-17)27(28)29/h3-12H,1-2H3,(H,23,24)(H,22,25,26). The molecule has 2 N–H and O–H groups in total. The summed E-state index contributed by atoms with van der Waals surface area (Å²) in [5, 5.41) is 14.1. The maximum absolute atomic E-state index is 13.0. The van der Waals surface area contributed by atoms with Crippen molar-refractivity contribution in [3.05, 3.63) is 70.9 Å². The molecule has 12 nitrogen and oxygen atoms in total. The van der Waals surface area contributed by atoms with E-state index in [2.05, 4.69) is 25.0 Å². The molecule has 0 saturated carbocycles. The van der Waals surface area contributed by atoms with Crippen LogP contribution in [-0.2, 0) is 10.0 Å². The molecule has 0 fully saturated rings. The van der Waals surface area contributed by atoms with Gasteiger partial charge in [0.15, 0.2) is 17.3 Å². The molecule has 0 aliphatic heterocycles. The van der Waals surface area contributed by atoms with Crippen LogP contribution in [0.5, 0.6) is 11.5 Å². The van der Waals surface area contributed by atoms with Crippen LogP contribution in [0.15, 0.2) is 65.7 Å². The zero-order chi connectivity index (χ0) is 24.3. The molecule has 0 radical (unpaired) electrons. The molecule has 4 rings (SSSR count). The van der Waals surface area contributed by atoms with Gasteiger partial charge in [-0.2, -0.15) is 0 Å². The molecular weight excluding hydrogens is 464 g/mol. The Morgan fingerprint density at radius 2 is 1.68 bits per heavy atom. The molecule has 0 amide bonds. The van der Waals surface area contributed by atoms with Crippen molar-refractivity contribution in [3.8, 4) is 11.5 Å². The quantitative estimate of drug-likeness (QED) is 0.281. The first-order valence-corrected chi connectivity index (χ1v) is 11.2. The van der Waals surface area contributed by atoms with E-state index < -0.39 is 14.9 Å². The van der Waals surface area contributed by atoms with Crippen molar-refractivity contribution >= 4 is 44.2 Å². The lowest BCUT2D eigenvalue weighted by atomic mass is 10.2. The second-order valence-corrected chi connectivity index (χ2v) is 8.54. The van der Waals surface area contributed by atoms with Crippen molar-refractivity contribution in [2.45, 2.75) is 4.90 Å². The molecule has 0 atom stereocenters. The SMILES string of the molecule is COc1cc(Nc2nc3cccnc3nc2NS(=O)(=O)c2cccc([N+](=O)[O-])c2)cc(OC)c1. The number of nitrogens with one attached hydrogen (secondary N) is 2. The molecule has 0 spiro atoms. The first kappa shape index (κ1) is 22.7. The minimum Gasteiger partial charge on any atom is -0.497 e. The second-order valence-electron chi connectivity index (χ2n) is 6.85. The number of fused-ring (bicyclic) bond motifs is 1. The molecular formula is C21H18N6O6S. The van der Waals surface area contributed by atoms with Gasteiger partial charge in [0.2, 0.25) is 0 Å². The third kappa shape index (κ3) is 4.78. The maximum Gasteiger partial charge on any atom is 0.270 e. The van der Waals surface area contributed by atoms with Gasteiger partial charge in [-0.1, -0.05) is 6.07 Å². The van der Waals surface area contributed by atoms with E-state index >= 15 is 0 Å². The van der Waals surface area contributed by atoms with Crippen LogP contribution in [0, 0.1) is 10.1 Å². The number of rotatable bonds is 8. The zero-order valence-electron chi connectivity index (χ0n) is 17.9. The number of anilines is 3. The van der Waals surface area contributed by atoms with E-state index in [-0.39, 0.29) is 27.9 Å². The van der Waals surface area contributed by atoms with Crippen molar-refractivity contribution in [2.75, 3.05) is 24.3 Å². The molecule has 0 aliphatic rings. The van der Waals surface area contributed by atoms with Gasteiger partial charge in [-0.3, -0.25) is 14.8 Å². The van der Waals surface area contributed by atoms with Crippen LogP contribution >= 0.6 is 0 Å². The van der Waals surface area contributed by atoms with Gasteiger partial charge in [0.25, 0.3) is 15.7 Å². The largest absolute Gasteiger partial charge is 0.497 e. The number of hydrogen-bond donors (Lipinski definition) is 2. The summed E-state index contributed by atoms with van der Waals surface area (Å²) >= 11 is 0. The highest BCUT2D eigenvalue weighted by molar-refractivity contribution is 7.92. The lowest BCUT2D eigenvalue weighted by molar-refractivity contribution is -0.385. The molecule has 2 aromatic heterocycles. The van der Waals surface area contributed by atoms with Gasteiger partial charge in [-0.05, 0) is 18.2 Å². The van der Waals surface area contributed by atoms with Gasteiger partial charge < -0.3 is 14.8 Å². The van der Waals surface area contributed by atoms with E-state index in [0.29, 0.717) is 22.7 Å². The summed E-state index contributed by atoms with van der Waals surface area (Å²) in [6.07, 6.45) is 1.50. The number of nitro benzene ring substituents is 1. The Labute approximate surface area is 193 Å². The number of benzene rings is 2. The number of nitrogens with zero attached hydrogens (tertiary/aromatic N) is 4. The number of aromatic nitrogens is 3. The molecule has 0 bridgehead atoms. The number of pyridine rings is 1. The fourth-order valence-corrected chi connectivity index (χ4v) is 4.07. The third-order valence-corrected chi connectivity index (χ3v) is 5.96. The van der Waals surface area contributed by atoms with Gasteiger partial charge in [-0.15, -0.1) is 0 Å². The summed E-state index contributed by atoms with van der Waals surface area (Å²) in [6, 6.07) is 13.0. The Morgan fingerprint density at radius 3 is 2.35 bits per heavy atom. The average molecular weight is 482 g/mol. The molecule has 0 unspecified atom stereocenters. The summed E-state index contributed by atoms with van der Waals surface area (Å²) in [5.74, 6) is 0.913. The Hall–Kier alpha value is -4.52. The summed E-state index contributed by atoms with van der Waals surface area (Å²) in [7, 11) is -1.26. The van der Waals surface area contributed by atoms with Gasteiger partial charge in [0.05, 0.1) is 24.0 Å². The molecule has 0 aliphatic carbocycles. The van der Waals surface area contributed by atoms with E-state index in [1.165, 1.54) is 38.6 Å². The Morgan fingerprint density at radius 1 is 0.941 bits per heavy atom. The fourth-order valence-electron chi connectivity index (χ4n) is 3.02. The minimum absolute atomic E-state index is 0.0739. The van der Waals surface area contributed by atoms with Crippen LogP contribution in [0.4, 0.5) is 23.0 Å². The van der Waals surface area contributed by atoms with Crippen molar-refractivity contribution in [3.63, 3.8) is 0 Å². The van der Waals surface area contributed by atoms with Crippen molar-refractivity contribution < 1.29 is 22.8 Å². The fraction of sp³-hybridized carbons (Fsp3) is 0.0952. The third-order valence-electron chi connectivity index (χ3n) is 4.62. The van der Waals surface area contributed by atoms with Gasteiger partial charge >= 0.3 is 0 Å². The Bertz CT molecular complexity index is 1470. The van der Waals surface area contributed by atoms with Crippen LogP contribution in [0.1, 0.15) is 0 Å². The topological polar surface area (TPSA) is 158 Å². The highest BCUT2D eigenvalue weighted by atomic mass is 32.2. The predicted octanol–water partition coefficient (Wildman–Crippen LogP) is 3.49. The highest BCUT2D eigenvalue weighted by Crippen LogP contribution is 2.31. The van der Waals surface area contributed by atoms with E-state index in [1.54, 1.807) is 30.3 Å². The lowest BCUT2D eigenvalue weighted by Crippen LogP contribution is -2.16. The van der Waals surface area contributed by atoms with Crippen LogP contribution in [0.2, 0.25) is 0 Å². The predicted molar refractivity (Wildman–Crippen MR) is 124 cm³/mol. The molecule has 2 heterocycles. The van der Waals surface area contributed by atoms with Crippen molar-refractivity contribution in [2.24, 2.45) is 0 Å². The Balaban J connectivity index is 1.79. The number of methoxy groups -OCH3 is 2. The van der Waals surface area contributed by atoms with Gasteiger partial charge in [0.1, 0.15) is 17.0 Å². The molecule has 174 valence electrons. The summed E-state index contributed by atoms with van der Waals surface area (Å²) in [6.45, 7) is 0. The maximum atomic E-state index is 13.0. The molecule has 0 saturated heterocycles. The molecule has 4 aromatic rings. The first-order valence-electron chi connectivity index (χ1n) is 9.69. The highest BCUT2D eigenvalue weighted by Gasteiger charge is 2.21. The molecule has 13 heteroatoms. The summed E-state index contributed by atoms with van der Waals surface area (Å²) in [5.41, 5.74) is 0.742. The Kier molecular flexibility index (Phi) is 6.10.